The van der Waals surface area contributed by atoms with Crippen LogP contribution in [0.2, 0.25) is 0 Å². The van der Waals surface area contributed by atoms with E-state index in [4.69, 9.17) is 33.8 Å². The smallest absolute Gasteiger partial charge is 0.328 e. The van der Waals surface area contributed by atoms with E-state index in [2.05, 4.69) is 9.98 Å². The molecule has 0 aliphatic carbocycles. The Kier molecular flexibility index (Phi) is 9.08. The molecule has 0 saturated carbocycles. The largest absolute Gasteiger partial charge is 0.480 e. The van der Waals surface area contributed by atoms with Crippen molar-refractivity contribution >= 4 is 23.8 Å². The minimum Gasteiger partial charge on any atom is -0.480 e. The molecule has 23 heavy (non-hydrogen) atoms. The van der Waals surface area contributed by atoms with Gasteiger partial charge in [-0.15, -0.1) is 0 Å². The van der Waals surface area contributed by atoms with Crippen molar-refractivity contribution in [1.82, 2.24) is 4.90 Å². The van der Waals surface area contributed by atoms with Crippen molar-refractivity contribution in [3.8, 4) is 0 Å². The number of aliphatic imine (C=N–C) groups is 2. The molecule has 0 spiro atoms. The van der Waals surface area contributed by atoms with Crippen LogP contribution < -0.4 is 28.7 Å². The number of aliphatic carboxylic acids is 1. The molecule has 11 N–H and O–H groups in total. The lowest BCUT2D eigenvalue weighted by Gasteiger charge is -2.25. The van der Waals surface area contributed by atoms with Crippen LogP contribution in [0, 0.1) is 0 Å². The molecule has 0 aromatic heterocycles. The predicted octanol–water partition coefficient (Wildman–Crippen LogP) is -3.06. The summed E-state index contributed by atoms with van der Waals surface area (Å²) in [6.45, 7) is 0.196. The number of rotatable bonds is 10. The third-order valence-electron chi connectivity index (χ3n) is 3.06. The molecule has 0 fully saturated rings. The number of carboxylic acids is 1. The number of carbonyl (C=O) groups is 2. The minimum absolute atomic E-state index is 0.00147. The minimum atomic E-state index is -1.20. The molecule has 11 nitrogen and oxygen atoms in total. The topological polar surface area (TPSA) is 212 Å². The van der Waals surface area contributed by atoms with Gasteiger partial charge in [0.1, 0.15) is 6.04 Å². The van der Waals surface area contributed by atoms with Crippen LogP contribution in [0.3, 0.4) is 0 Å². The van der Waals surface area contributed by atoms with Gasteiger partial charge in [-0.2, -0.15) is 0 Å². The van der Waals surface area contributed by atoms with E-state index in [0.29, 0.717) is 19.4 Å². The first kappa shape index (κ1) is 20.4. The quantitative estimate of drug-likeness (QED) is 0.137. The average Bonchev–Trinajstić information content (AvgIpc) is 2.42. The first-order valence-electron chi connectivity index (χ1n) is 7.00. The van der Waals surface area contributed by atoms with E-state index < -0.39 is 24.0 Å². The van der Waals surface area contributed by atoms with Crippen LogP contribution in [-0.2, 0) is 9.59 Å². The third-order valence-corrected chi connectivity index (χ3v) is 3.06. The van der Waals surface area contributed by atoms with Crippen molar-refractivity contribution in [3.05, 3.63) is 0 Å². The van der Waals surface area contributed by atoms with Gasteiger partial charge in [-0.3, -0.25) is 14.8 Å². The van der Waals surface area contributed by atoms with Gasteiger partial charge in [-0.05, 0) is 12.8 Å². The van der Waals surface area contributed by atoms with Gasteiger partial charge >= 0.3 is 5.97 Å². The summed E-state index contributed by atoms with van der Waals surface area (Å²) in [7, 11) is 1.37. The second-order valence-corrected chi connectivity index (χ2v) is 5.04. The molecule has 0 radical (unpaired) electrons. The van der Waals surface area contributed by atoms with Crippen LogP contribution >= 0.6 is 0 Å². The number of hydrogen-bond acceptors (Lipinski definition) is 5. The molecule has 11 heteroatoms. The molecule has 132 valence electrons. The summed E-state index contributed by atoms with van der Waals surface area (Å²) in [6.07, 6.45) is 1.15. The third kappa shape index (κ3) is 9.14. The van der Waals surface area contributed by atoms with Crippen LogP contribution in [0.4, 0.5) is 0 Å². The number of carboxylic acid groups (broad SMARTS) is 1. The average molecular weight is 330 g/mol. The highest BCUT2D eigenvalue weighted by Gasteiger charge is 2.27. The van der Waals surface area contributed by atoms with Gasteiger partial charge < -0.3 is 38.7 Å². The molecule has 2 unspecified atom stereocenters. The van der Waals surface area contributed by atoms with Gasteiger partial charge in [0.2, 0.25) is 5.91 Å². The summed E-state index contributed by atoms with van der Waals surface area (Å²) in [5.41, 5.74) is 26.6. The zero-order valence-corrected chi connectivity index (χ0v) is 13.2. The Morgan fingerprint density at radius 3 is 2.17 bits per heavy atom. The maximum atomic E-state index is 12.1. The van der Waals surface area contributed by atoms with E-state index in [1.165, 1.54) is 7.05 Å². The van der Waals surface area contributed by atoms with E-state index >= 15 is 0 Å². The summed E-state index contributed by atoms with van der Waals surface area (Å²) >= 11 is 0. The van der Waals surface area contributed by atoms with Crippen molar-refractivity contribution in [2.75, 3.05) is 20.1 Å². The summed E-state index contributed by atoms with van der Waals surface area (Å²) in [4.78, 5) is 31.8. The van der Waals surface area contributed by atoms with E-state index in [1.54, 1.807) is 0 Å². The van der Waals surface area contributed by atoms with Gasteiger partial charge in [0.15, 0.2) is 11.9 Å². The summed E-state index contributed by atoms with van der Waals surface area (Å²) in [6, 6.07) is -1.57. The summed E-state index contributed by atoms with van der Waals surface area (Å²) in [5.74, 6) is -1.85. The molecule has 0 saturated heterocycles. The lowest BCUT2D eigenvalue weighted by Crippen LogP contribution is -2.46. The van der Waals surface area contributed by atoms with Crippen LogP contribution in [0.5, 0.6) is 0 Å². The second-order valence-electron chi connectivity index (χ2n) is 5.04. The SMILES string of the molecule is CN(C(=O)CC(N)CCCN=C(N)N)C(CN=C(N)N)C(=O)O. The van der Waals surface area contributed by atoms with E-state index in [0.717, 1.165) is 4.90 Å². The van der Waals surface area contributed by atoms with Crippen molar-refractivity contribution < 1.29 is 14.7 Å². The Labute approximate surface area is 134 Å². The van der Waals surface area contributed by atoms with Crippen molar-refractivity contribution in [2.24, 2.45) is 38.7 Å². The Bertz CT molecular complexity index is 457. The molecular formula is C12H26N8O3. The van der Waals surface area contributed by atoms with Crippen LogP contribution in [0.1, 0.15) is 19.3 Å². The molecule has 1 amide bonds. The number of nitrogens with two attached hydrogens (primary N) is 5. The highest BCUT2D eigenvalue weighted by Crippen LogP contribution is 2.06. The summed E-state index contributed by atoms with van der Waals surface area (Å²) in [5, 5.41) is 9.15. The maximum Gasteiger partial charge on any atom is 0.328 e. The number of carbonyl (C=O) groups excluding carboxylic acids is 1. The molecule has 0 aromatic rings. The van der Waals surface area contributed by atoms with E-state index in [1.807, 2.05) is 0 Å². The molecule has 0 heterocycles. The highest BCUT2D eigenvalue weighted by atomic mass is 16.4. The first-order chi connectivity index (χ1) is 10.6. The highest BCUT2D eigenvalue weighted by molar-refractivity contribution is 5.84. The summed E-state index contributed by atoms with van der Waals surface area (Å²) < 4.78 is 0. The zero-order valence-electron chi connectivity index (χ0n) is 13.2. The molecule has 2 atom stereocenters. The van der Waals surface area contributed by atoms with Crippen molar-refractivity contribution in [2.45, 2.75) is 31.3 Å². The van der Waals surface area contributed by atoms with Gasteiger partial charge in [-0.1, -0.05) is 0 Å². The molecule has 0 aromatic carbocycles. The molecule has 0 bridgehead atoms. The van der Waals surface area contributed by atoms with E-state index in [9.17, 15) is 9.59 Å². The Morgan fingerprint density at radius 1 is 1.13 bits per heavy atom. The zero-order chi connectivity index (χ0) is 18.0. The predicted molar refractivity (Wildman–Crippen MR) is 87.4 cm³/mol. The van der Waals surface area contributed by atoms with Crippen molar-refractivity contribution in [1.29, 1.82) is 0 Å². The Hall–Kier alpha value is -2.56. The number of amides is 1. The lowest BCUT2D eigenvalue weighted by atomic mass is 10.1. The molecular weight excluding hydrogens is 304 g/mol. The number of nitrogens with zero attached hydrogens (tertiary/aromatic N) is 3. The molecule has 0 aliphatic heterocycles. The van der Waals surface area contributed by atoms with Gasteiger partial charge in [0.05, 0.1) is 6.54 Å². The van der Waals surface area contributed by atoms with Crippen LogP contribution in [0.25, 0.3) is 0 Å². The van der Waals surface area contributed by atoms with Gasteiger partial charge in [0.25, 0.3) is 0 Å². The van der Waals surface area contributed by atoms with Crippen LogP contribution in [0.15, 0.2) is 9.98 Å². The van der Waals surface area contributed by atoms with Crippen LogP contribution in [-0.4, -0.2) is 66.0 Å². The van der Waals surface area contributed by atoms with Gasteiger partial charge in [0, 0.05) is 26.1 Å². The molecule has 0 aliphatic rings. The lowest BCUT2D eigenvalue weighted by molar-refractivity contribution is -0.148. The first-order valence-corrected chi connectivity index (χ1v) is 7.00. The standard InChI is InChI=1S/C12H26N8O3/c1-20(8(10(22)23)6-19-12(16)17)9(21)5-7(13)3-2-4-18-11(14)15/h7-8H,2-6,13H2,1H3,(H,22,23)(H4,14,15,18)(H4,16,17,19). The maximum absolute atomic E-state index is 12.1. The monoisotopic (exact) mass is 330 g/mol. The Balaban J connectivity index is 4.47. The fraction of sp³-hybridized carbons (Fsp3) is 0.667. The second kappa shape index (κ2) is 10.2. The van der Waals surface area contributed by atoms with Gasteiger partial charge in [-0.25, -0.2) is 4.79 Å². The van der Waals surface area contributed by atoms with Crippen molar-refractivity contribution in [3.63, 3.8) is 0 Å². The number of guanidine groups is 2. The Morgan fingerprint density at radius 2 is 1.70 bits per heavy atom. The normalized spacial score (nSPS) is 12.8. The van der Waals surface area contributed by atoms with E-state index in [-0.39, 0.29) is 24.9 Å². The number of likely N-dealkylation sites (N-methyl/N-ethyl adjacent to an activating group) is 1. The fourth-order valence-corrected chi connectivity index (χ4v) is 1.76. The molecule has 0 rings (SSSR count). The fourth-order valence-electron chi connectivity index (χ4n) is 1.76. The number of hydrogen-bond donors (Lipinski definition) is 6.